The lowest BCUT2D eigenvalue weighted by Gasteiger charge is -2.24. The van der Waals surface area contributed by atoms with Gasteiger partial charge in [-0.2, -0.15) is 0 Å². The van der Waals surface area contributed by atoms with E-state index in [1.165, 1.54) is 11.0 Å². The molecule has 1 amide bonds. The molecule has 0 aliphatic carbocycles. The van der Waals surface area contributed by atoms with Crippen molar-refractivity contribution < 1.29 is 18.3 Å². The number of benzene rings is 2. The lowest BCUT2D eigenvalue weighted by atomic mass is 10.1. The number of hydrogen-bond acceptors (Lipinski definition) is 4. The molecule has 0 saturated heterocycles. The summed E-state index contributed by atoms with van der Waals surface area (Å²) in [5.74, 6) is -1.57. The van der Waals surface area contributed by atoms with Crippen molar-refractivity contribution in [1.29, 1.82) is 0 Å². The Labute approximate surface area is 200 Å². The maximum atomic E-state index is 14.5. The van der Waals surface area contributed by atoms with E-state index in [-0.39, 0.29) is 24.3 Å². The van der Waals surface area contributed by atoms with Gasteiger partial charge in [0.05, 0.1) is 37.4 Å². The van der Waals surface area contributed by atoms with E-state index in [1.807, 2.05) is 6.92 Å². The van der Waals surface area contributed by atoms with Crippen LogP contribution < -0.4 is 5.73 Å². The Morgan fingerprint density at radius 2 is 1.91 bits per heavy atom. The molecule has 3 heterocycles. The second-order valence-corrected chi connectivity index (χ2v) is 8.47. The first kappa shape index (κ1) is 22.5. The fraction of sp³-hybridized carbons (Fsp3) is 0.192. The van der Waals surface area contributed by atoms with Gasteiger partial charge in [0.25, 0.3) is 5.91 Å². The number of nitrogens with zero attached hydrogens (tertiary/aromatic N) is 3. The van der Waals surface area contributed by atoms with E-state index in [4.69, 9.17) is 17.0 Å². The largest absolute Gasteiger partial charge is 0.383 e. The predicted molar refractivity (Wildman–Crippen MR) is 126 cm³/mol. The fourth-order valence-corrected chi connectivity index (χ4v) is 4.33. The van der Waals surface area contributed by atoms with E-state index in [0.717, 1.165) is 34.4 Å². The Bertz CT molecular complexity index is 1500. The number of halogens is 2. The van der Waals surface area contributed by atoms with Gasteiger partial charge < -0.3 is 20.4 Å². The van der Waals surface area contributed by atoms with Gasteiger partial charge in [-0.25, -0.2) is 18.6 Å². The van der Waals surface area contributed by atoms with Crippen LogP contribution in [0.5, 0.6) is 0 Å². The second-order valence-electron chi connectivity index (χ2n) is 8.47. The van der Waals surface area contributed by atoms with Gasteiger partial charge in [0.15, 0.2) is 5.69 Å². The lowest BCUT2D eigenvalue weighted by Crippen LogP contribution is -2.31. The zero-order chi connectivity index (χ0) is 24.7. The van der Waals surface area contributed by atoms with Crippen LogP contribution in [0, 0.1) is 25.1 Å². The van der Waals surface area contributed by atoms with Gasteiger partial charge in [0.1, 0.15) is 23.1 Å². The highest BCUT2D eigenvalue weighted by Gasteiger charge is 2.25. The number of ether oxygens (including phenoxy) is 1. The molecule has 7 nitrogen and oxygen atoms in total. The summed E-state index contributed by atoms with van der Waals surface area (Å²) in [4.78, 5) is 26.0. The van der Waals surface area contributed by atoms with Crippen molar-refractivity contribution in [3.8, 4) is 0 Å². The summed E-state index contributed by atoms with van der Waals surface area (Å²) >= 11 is 0. The molecule has 0 fully saturated rings. The number of rotatable bonds is 5. The third kappa shape index (κ3) is 4.09. The smallest absolute Gasteiger partial charge is 0.270 e. The zero-order valence-corrected chi connectivity index (χ0v) is 18.9. The highest BCUT2D eigenvalue weighted by molar-refractivity contribution is 5.98. The van der Waals surface area contributed by atoms with Gasteiger partial charge in [-0.05, 0) is 30.7 Å². The Morgan fingerprint density at radius 3 is 2.63 bits per heavy atom. The number of fused-ring (bicyclic) bond motifs is 3. The number of pyridine rings is 1. The normalized spacial score (nSPS) is 12.5. The predicted octanol–water partition coefficient (Wildman–Crippen LogP) is 5.16. The number of aromatic amines is 1. The van der Waals surface area contributed by atoms with Crippen molar-refractivity contribution in [1.82, 2.24) is 14.9 Å². The molecule has 9 heteroatoms. The third-order valence-electron chi connectivity index (χ3n) is 6.25. The number of H-pyrrole nitrogens is 1. The maximum Gasteiger partial charge on any atom is 0.270 e. The van der Waals surface area contributed by atoms with Crippen LogP contribution in [0.1, 0.15) is 38.3 Å². The van der Waals surface area contributed by atoms with Crippen LogP contribution in [-0.4, -0.2) is 20.8 Å². The molecule has 0 saturated carbocycles. The topological polar surface area (TPSA) is 88.6 Å². The number of anilines is 1. The van der Waals surface area contributed by atoms with E-state index in [0.29, 0.717) is 35.8 Å². The van der Waals surface area contributed by atoms with Crippen LogP contribution in [0.2, 0.25) is 0 Å². The zero-order valence-electron chi connectivity index (χ0n) is 18.9. The molecule has 0 bridgehead atoms. The average molecular weight is 473 g/mol. The van der Waals surface area contributed by atoms with Crippen LogP contribution in [0.15, 0.2) is 42.5 Å². The van der Waals surface area contributed by atoms with Crippen LogP contribution >= 0.6 is 0 Å². The van der Waals surface area contributed by atoms with E-state index in [9.17, 15) is 13.6 Å². The molecular formula is C26H21F2N5O2. The fourth-order valence-electron chi connectivity index (χ4n) is 4.33. The molecule has 0 atom stereocenters. The number of aromatic nitrogens is 2. The molecule has 0 unspecified atom stereocenters. The first-order valence-electron chi connectivity index (χ1n) is 10.9. The van der Waals surface area contributed by atoms with Gasteiger partial charge in [0, 0.05) is 23.2 Å². The SMILES string of the molecule is [C-]#[N+]c1ccc(CN(Cc2c(F)cccc2F)C(=O)c2cc3nc(N)c4c(c3[nH]2)COC4)c(C)c1. The van der Waals surface area contributed by atoms with Crippen molar-refractivity contribution in [2.24, 2.45) is 0 Å². The maximum absolute atomic E-state index is 14.5. The highest BCUT2D eigenvalue weighted by Crippen LogP contribution is 2.31. The van der Waals surface area contributed by atoms with Crippen molar-refractivity contribution in [3.63, 3.8) is 0 Å². The van der Waals surface area contributed by atoms with Gasteiger partial charge >= 0.3 is 0 Å². The van der Waals surface area contributed by atoms with E-state index in [1.54, 1.807) is 24.3 Å². The molecule has 1 aliphatic heterocycles. The van der Waals surface area contributed by atoms with Gasteiger partial charge in [-0.1, -0.05) is 29.8 Å². The third-order valence-corrected chi connectivity index (χ3v) is 6.25. The second kappa shape index (κ2) is 8.81. The van der Waals surface area contributed by atoms with Crippen LogP contribution in [0.3, 0.4) is 0 Å². The minimum atomic E-state index is -0.732. The first-order chi connectivity index (χ1) is 16.9. The number of carbonyl (C=O) groups is 1. The molecule has 4 aromatic rings. The number of nitrogens with two attached hydrogens (primary N) is 1. The molecule has 5 rings (SSSR count). The van der Waals surface area contributed by atoms with E-state index < -0.39 is 17.5 Å². The molecule has 176 valence electrons. The minimum absolute atomic E-state index is 0.0862. The molecule has 2 aromatic heterocycles. The van der Waals surface area contributed by atoms with Crippen LogP contribution in [-0.2, 0) is 31.0 Å². The van der Waals surface area contributed by atoms with Gasteiger partial charge in [0.2, 0.25) is 0 Å². The Kier molecular flexibility index (Phi) is 5.67. The summed E-state index contributed by atoms with van der Waals surface area (Å²) in [6.07, 6.45) is 0. The quantitative estimate of drug-likeness (QED) is 0.392. The van der Waals surface area contributed by atoms with Crippen molar-refractivity contribution in [3.05, 3.63) is 99.0 Å². The first-order valence-corrected chi connectivity index (χ1v) is 10.9. The minimum Gasteiger partial charge on any atom is -0.383 e. The molecule has 1 aliphatic rings. The Hall–Kier alpha value is -4.29. The number of carbonyl (C=O) groups excluding carboxylic acids is 1. The molecule has 2 aromatic carbocycles. The number of nitrogen functional groups attached to an aromatic ring is 1. The van der Waals surface area contributed by atoms with Crippen molar-refractivity contribution in [2.75, 3.05) is 5.73 Å². The van der Waals surface area contributed by atoms with Gasteiger partial charge in [-0.3, -0.25) is 4.79 Å². The molecule has 35 heavy (non-hydrogen) atoms. The standard InChI is InChI=1S/C26H21F2N5O2/c1-14-8-16(30-2)7-6-15(14)10-33(11-17-20(27)4-3-5-21(17)28)26(34)23-9-22-24(31-23)18-12-35-13-19(18)25(29)32-22/h3-9,31H,10-13H2,1H3,(H2,29,32). The average Bonchev–Trinajstić information content (AvgIpc) is 3.49. The Morgan fingerprint density at radius 1 is 1.17 bits per heavy atom. The summed E-state index contributed by atoms with van der Waals surface area (Å²) in [5.41, 5.74) is 10.9. The number of amides is 1. The van der Waals surface area contributed by atoms with E-state index >= 15 is 0 Å². The molecule has 3 N–H and O–H groups in total. The molecule has 0 radical (unpaired) electrons. The summed E-state index contributed by atoms with van der Waals surface area (Å²) in [6.45, 7) is 9.53. The summed E-state index contributed by atoms with van der Waals surface area (Å²) in [6, 6.07) is 10.3. The van der Waals surface area contributed by atoms with Crippen molar-refractivity contribution >= 4 is 28.4 Å². The molecular weight excluding hydrogens is 452 g/mol. The summed E-state index contributed by atoms with van der Waals surface area (Å²) in [7, 11) is 0. The Balaban J connectivity index is 1.55. The van der Waals surface area contributed by atoms with Crippen molar-refractivity contribution in [2.45, 2.75) is 33.2 Å². The summed E-state index contributed by atoms with van der Waals surface area (Å²) < 4.78 is 34.5. The van der Waals surface area contributed by atoms with Crippen LogP contribution in [0.25, 0.3) is 15.9 Å². The van der Waals surface area contributed by atoms with E-state index in [2.05, 4.69) is 14.8 Å². The number of hydrogen-bond donors (Lipinski definition) is 2. The number of nitrogens with one attached hydrogen (secondary N) is 1. The summed E-state index contributed by atoms with van der Waals surface area (Å²) in [5, 5.41) is 0. The van der Waals surface area contributed by atoms with Gasteiger partial charge in [-0.15, -0.1) is 0 Å². The molecule has 0 spiro atoms. The monoisotopic (exact) mass is 473 g/mol. The number of aryl methyl sites for hydroxylation is 1. The lowest BCUT2D eigenvalue weighted by molar-refractivity contribution is 0.0721. The highest BCUT2D eigenvalue weighted by atomic mass is 19.1. The van der Waals surface area contributed by atoms with Crippen LogP contribution in [0.4, 0.5) is 20.3 Å².